The summed E-state index contributed by atoms with van der Waals surface area (Å²) in [6, 6.07) is 12.5. The molecule has 2 rings (SSSR count). The summed E-state index contributed by atoms with van der Waals surface area (Å²) in [5.41, 5.74) is 1.56. The molecule has 0 aromatic heterocycles. The fourth-order valence-corrected chi connectivity index (χ4v) is 2.80. The third-order valence-electron chi connectivity index (χ3n) is 4.07. The molecule has 0 bridgehead atoms. The molecule has 1 aliphatic rings. The van der Waals surface area contributed by atoms with Gasteiger partial charge in [-0.2, -0.15) is 5.26 Å². The van der Waals surface area contributed by atoms with Crippen molar-refractivity contribution in [3.63, 3.8) is 0 Å². The first kappa shape index (κ1) is 16.1. The first-order valence-corrected chi connectivity index (χ1v) is 7.91. The lowest BCUT2D eigenvalue weighted by Crippen LogP contribution is -2.39. The number of carbonyl (C=O) groups is 1. The van der Waals surface area contributed by atoms with E-state index in [2.05, 4.69) is 29.6 Å². The number of carbonyl (C=O) groups excluding carboxylic acids is 1. The van der Waals surface area contributed by atoms with Crippen molar-refractivity contribution in [2.75, 3.05) is 19.6 Å². The number of nitrogens with zero attached hydrogens (tertiary/aromatic N) is 2. The van der Waals surface area contributed by atoms with E-state index >= 15 is 0 Å². The molecule has 1 aromatic rings. The Kier molecular flexibility index (Phi) is 6.02. The van der Waals surface area contributed by atoms with Gasteiger partial charge in [0.05, 0.1) is 0 Å². The Bertz CT molecular complexity index is 551. The van der Waals surface area contributed by atoms with Crippen LogP contribution in [0.15, 0.2) is 42.1 Å². The van der Waals surface area contributed by atoms with E-state index in [0.717, 1.165) is 32.4 Å². The maximum Gasteiger partial charge on any atom is 0.265 e. The normalized spacial score (nSPS) is 16.2. The summed E-state index contributed by atoms with van der Waals surface area (Å²) in [5.74, 6) is 0.469. The monoisotopic (exact) mass is 297 g/mol. The highest BCUT2D eigenvalue weighted by atomic mass is 16.2. The van der Waals surface area contributed by atoms with Gasteiger partial charge in [-0.05, 0) is 37.7 Å². The number of rotatable bonds is 5. The van der Waals surface area contributed by atoms with Gasteiger partial charge in [0.15, 0.2) is 0 Å². The molecular weight excluding hydrogens is 274 g/mol. The lowest BCUT2D eigenvalue weighted by Gasteiger charge is -2.32. The smallest absolute Gasteiger partial charge is 0.265 e. The number of hydrogen-bond acceptors (Lipinski definition) is 3. The van der Waals surface area contributed by atoms with E-state index in [4.69, 9.17) is 5.26 Å². The third-order valence-corrected chi connectivity index (χ3v) is 4.07. The fourth-order valence-electron chi connectivity index (χ4n) is 2.80. The zero-order valence-electron chi connectivity index (χ0n) is 13.1. The molecule has 22 heavy (non-hydrogen) atoms. The molecule has 4 heteroatoms. The quantitative estimate of drug-likeness (QED) is 0.671. The van der Waals surface area contributed by atoms with Crippen molar-refractivity contribution in [2.24, 2.45) is 5.92 Å². The molecule has 4 nitrogen and oxygen atoms in total. The highest BCUT2D eigenvalue weighted by Gasteiger charge is 2.24. The third kappa shape index (κ3) is 4.36. The van der Waals surface area contributed by atoms with Gasteiger partial charge in [-0.3, -0.25) is 4.79 Å². The maximum absolute atomic E-state index is 12.3. The molecule has 0 saturated carbocycles. The van der Waals surface area contributed by atoms with Crippen LogP contribution in [0.3, 0.4) is 0 Å². The van der Waals surface area contributed by atoms with E-state index in [1.807, 2.05) is 19.1 Å². The zero-order chi connectivity index (χ0) is 15.8. The molecule has 1 aliphatic heterocycles. The summed E-state index contributed by atoms with van der Waals surface area (Å²) in [6.45, 7) is 4.12. The number of piperidine rings is 1. The Balaban J connectivity index is 1.86. The van der Waals surface area contributed by atoms with Crippen LogP contribution in [0.2, 0.25) is 0 Å². The average molecular weight is 297 g/mol. The summed E-state index contributed by atoms with van der Waals surface area (Å²) in [4.78, 5) is 14.1. The molecule has 116 valence electrons. The zero-order valence-corrected chi connectivity index (χ0v) is 13.1. The van der Waals surface area contributed by atoms with Crippen LogP contribution in [0.25, 0.3) is 0 Å². The SMILES string of the molecule is CCN/C=C(/C#N)C(=O)N1CCC(Cc2ccccc2)CC1. The van der Waals surface area contributed by atoms with Crippen LogP contribution in [-0.2, 0) is 11.2 Å². The minimum atomic E-state index is -0.151. The molecule has 0 aliphatic carbocycles. The molecule has 1 heterocycles. The minimum absolute atomic E-state index is 0.151. The predicted octanol–water partition coefficient (Wildman–Crippen LogP) is 2.48. The number of benzene rings is 1. The largest absolute Gasteiger partial charge is 0.390 e. The molecule has 1 amide bonds. The minimum Gasteiger partial charge on any atom is -0.390 e. The van der Waals surface area contributed by atoms with Gasteiger partial charge in [-0.1, -0.05) is 30.3 Å². The van der Waals surface area contributed by atoms with Gasteiger partial charge >= 0.3 is 0 Å². The van der Waals surface area contributed by atoms with Crippen molar-refractivity contribution in [3.8, 4) is 6.07 Å². The van der Waals surface area contributed by atoms with Crippen molar-refractivity contribution in [3.05, 3.63) is 47.7 Å². The topological polar surface area (TPSA) is 56.1 Å². The fraction of sp³-hybridized carbons (Fsp3) is 0.444. The van der Waals surface area contributed by atoms with Gasteiger partial charge in [0.1, 0.15) is 11.6 Å². The van der Waals surface area contributed by atoms with E-state index in [-0.39, 0.29) is 11.5 Å². The van der Waals surface area contributed by atoms with Crippen molar-refractivity contribution >= 4 is 5.91 Å². The highest BCUT2D eigenvalue weighted by molar-refractivity contribution is 5.97. The summed E-state index contributed by atoms with van der Waals surface area (Å²) in [6.07, 6.45) is 4.60. The summed E-state index contributed by atoms with van der Waals surface area (Å²) in [5, 5.41) is 12.0. The summed E-state index contributed by atoms with van der Waals surface area (Å²) >= 11 is 0. The van der Waals surface area contributed by atoms with Crippen molar-refractivity contribution in [2.45, 2.75) is 26.2 Å². The molecule has 0 atom stereocenters. The highest BCUT2D eigenvalue weighted by Crippen LogP contribution is 2.22. The van der Waals surface area contributed by atoms with E-state index < -0.39 is 0 Å². The lowest BCUT2D eigenvalue weighted by atomic mass is 9.90. The molecule has 1 N–H and O–H groups in total. The van der Waals surface area contributed by atoms with E-state index in [1.54, 1.807) is 4.90 Å². The van der Waals surface area contributed by atoms with Gasteiger partial charge in [0.2, 0.25) is 0 Å². The van der Waals surface area contributed by atoms with E-state index in [0.29, 0.717) is 12.5 Å². The van der Waals surface area contributed by atoms with Gasteiger partial charge < -0.3 is 10.2 Å². The number of nitriles is 1. The molecule has 1 aromatic carbocycles. The van der Waals surface area contributed by atoms with Crippen molar-refractivity contribution < 1.29 is 4.79 Å². The van der Waals surface area contributed by atoms with Crippen LogP contribution in [0.4, 0.5) is 0 Å². The van der Waals surface area contributed by atoms with Crippen molar-refractivity contribution in [1.82, 2.24) is 10.2 Å². The molecule has 0 unspecified atom stereocenters. The second kappa shape index (κ2) is 8.23. The van der Waals surface area contributed by atoms with Crippen LogP contribution in [0.5, 0.6) is 0 Å². The Morgan fingerprint density at radius 1 is 1.36 bits per heavy atom. The van der Waals surface area contributed by atoms with Crippen LogP contribution in [-0.4, -0.2) is 30.4 Å². The van der Waals surface area contributed by atoms with E-state index in [1.165, 1.54) is 11.8 Å². The number of amides is 1. The molecule has 1 saturated heterocycles. The molecular formula is C18H23N3O. The molecule has 1 fully saturated rings. The predicted molar refractivity (Wildman–Crippen MR) is 86.8 cm³/mol. The van der Waals surface area contributed by atoms with Gasteiger partial charge in [-0.25, -0.2) is 0 Å². The summed E-state index contributed by atoms with van der Waals surface area (Å²) in [7, 11) is 0. The maximum atomic E-state index is 12.3. The van der Waals surface area contributed by atoms with Crippen LogP contribution >= 0.6 is 0 Å². The first-order valence-electron chi connectivity index (χ1n) is 7.91. The standard InChI is InChI=1S/C18H23N3O/c1-2-20-14-17(13-19)18(22)21-10-8-16(9-11-21)12-15-6-4-3-5-7-15/h3-7,14,16,20H,2,8-12H2,1H3/b17-14-. The number of likely N-dealkylation sites (tertiary alicyclic amines) is 1. The molecule has 0 spiro atoms. The van der Waals surface area contributed by atoms with Crippen LogP contribution in [0, 0.1) is 17.2 Å². The lowest BCUT2D eigenvalue weighted by molar-refractivity contribution is -0.128. The summed E-state index contributed by atoms with van der Waals surface area (Å²) < 4.78 is 0. The Hall–Kier alpha value is -2.28. The second-order valence-electron chi connectivity index (χ2n) is 5.65. The van der Waals surface area contributed by atoms with E-state index in [9.17, 15) is 4.79 Å². The number of nitrogens with one attached hydrogen (secondary N) is 1. The van der Waals surface area contributed by atoms with Gasteiger partial charge in [-0.15, -0.1) is 0 Å². The van der Waals surface area contributed by atoms with Crippen LogP contribution < -0.4 is 5.32 Å². The first-order chi connectivity index (χ1) is 10.7. The average Bonchev–Trinajstić information content (AvgIpc) is 2.57. The van der Waals surface area contributed by atoms with Gasteiger partial charge in [0.25, 0.3) is 5.91 Å². The second-order valence-corrected chi connectivity index (χ2v) is 5.65. The Labute approximate surface area is 132 Å². The van der Waals surface area contributed by atoms with Gasteiger partial charge in [0, 0.05) is 25.8 Å². The Morgan fingerprint density at radius 2 is 2.05 bits per heavy atom. The Morgan fingerprint density at radius 3 is 2.64 bits per heavy atom. The molecule has 0 radical (unpaired) electrons. The van der Waals surface area contributed by atoms with Crippen LogP contribution in [0.1, 0.15) is 25.3 Å². The van der Waals surface area contributed by atoms with Crippen molar-refractivity contribution in [1.29, 1.82) is 5.26 Å². The number of hydrogen-bond donors (Lipinski definition) is 1.